The molecule has 0 atom stereocenters. The van der Waals surface area contributed by atoms with Crippen LogP contribution in [0.2, 0.25) is 5.02 Å². The average molecular weight is 351 g/mol. The molecule has 0 spiro atoms. The Morgan fingerprint density at radius 2 is 1.71 bits per heavy atom. The SMILES string of the molecule is O=C(NCCN1CCN(c2ccc(Cl)cc2)CC1)C(=O)NC1CC1. The van der Waals surface area contributed by atoms with Crippen molar-refractivity contribution in [3.05, 3.63) is 29.3 Å². The van der Waals surface area contributed by atoms with Gasteiger partial charge in [-0.2, -0.15) is 0 Å². The zero-order valence-electron chi connectivity index (χ0n) is 13.6. The number of benzene rings is 1. The summed E-state index contributed by atoms with van der Waals surface area (Å²) < 4.78 is 0. The summed E-state index contributed by atoms with van der Waals surface area (Å²) >= 11 is 5.92. The Morgan fingerprint density at radius 3 is 2.33 bits per heavy atom. The lowest BCUT2D eigenvalue weighted by Gasteiger charge is -2.36. The van der Waals surface area contributed by atoms with E-state index in [0.29, 0.717) is 6.54 Å². The Morgan fingerprint density at radius 1 is 1.04 bits per heavy atom. The molecule has 1 heterocycles. The van der Waals surface area contributed by atoms with E-state index in [1.54, 1.807) is 0 Å². The molecule has 3 rings (SSSR count). The summed E-state index contributed by atoms with van der Waals surface area (Å²) in [6.45, 7) is 5.02. The van der Waals surface area contributed by atoms with Crippen LogP contribution in [0.1, 0.15) is 12.8 Å². The van der Waals surface area contributed by atoms with Crippen molar-refractivity contribution >= 4 is 29.1 Å². The Labute approximate surface area is 147 Å². The molecule has 2 N–H and O–H groups in total. The minimum absolute atomic E-state index is 0.212. The van der Waals surface area contributed by atoms with Crippen LogP contribution >= 0.6 is 11.6 Å². The van der Waals surface area contributed by atoms with Crippen LogP contribution in [0.5, 0.6) is 0 Å². The number of halogens is 1. The van der Waals surface area contributed by atoms with Crippen molar-refractivity contribution in [3.8, 4) is 0 Å². The highest BCUT2D eigenvalue weighted by Crippen LogP contribution is 2.19. The summed E-state index contributed by atoms with van der Waals surface area (Å²) in [6.07, 6.45) is 1.97. The molecule has 1 saturated heterocycles. The van der Waals surface area contributed by atoms with Gasteiger partial charge in [0.1, 0.15) is 0 Å². The first-order chi connectivity index (χ1) is 11.6. The molecule has 0 bridgehead atoms. The number of nitrogens with zero attached hydrogens (tertiary/aromatic N) is 2. The van der Waals surface area contributed by atoms with Crippen molar-refractivity contribution in [2.75, 3.05) is 44.2 Å². The summed E-state index contributed by atoms with van der Waals surface area (Å²) in [5.41, 5.74) is 1.18. The largest absolute Gasteiger partial charge is 0.369 e. The number of hydrogen-bond donors (Lipinski definition) is 2. The van der Waals surface area contributed by atoms with Gasteiger partial charge in [-0.25, -0.2) is 0 Å². The van der Waals surface area contributed by atoms with Gasteiger partial charge in [-0.1, -0.05) is 11.6 Å². The van der Waals surface area contributed by atoms with Gasteiger partial charge in [0.05, 0.1) is 0 Å². The monoisotopic (exact) mass is 350 g/mol. The summed E-state index contributed by atoms with van der Waals surface area (Å²) in [5, 5.41) is 6.13. The van der Waals surface area contributed by atoms with E-state index in [0.717, 1.165) is 50.6 Å². The van der Waals surface area contributed by atoms with Crippen LogP contribution in [0.3, 0.4) is 0 Å². The fraction of sp³-hybridized carbons (Fsp3) is 0.529. The molecule has 1 aromatic rings. The maximum Gasteiger partial charge on any atom is 0.309 e. The minimum atomic E-state index is -0.526. The number of anilines is 1. The number of rotatable bonds is 5. The van der Waals surface area contributed by atoms with Crippen LogP contribution in [0, 0.1) is 0 Å². The van der Waals surface area contributed by atoms with Crippen molar-refractivity contribution < 1.29 is 9.59 Å². The van der Waals surface area contributed by atoms with E-state index in [4.69, 9.17) is 11.6 Å². The van der Waals surface area contributed by atoms with Gasteiger partial charge in [0.15, 0.2) is 0 Å². The second kappa shape index (κ2) is 7.85. The second-order valence-electron chi connectivity index (χ2n) is 6.31. The van der Waals surface area contributed by atoms with Crippen LogP contribution in [-0.2, 0) is 9.59 Å². The van der Waals surface area contributed by atoms with Crippen molar-refractivity contribution in [1.29, 1.82) is 0 Å². The third kappa shape index (κ3) is 4.85. The van der Waals surface area contributed by atoms with E-state index in [2.05, 4.69) is 20.4 Å². The van der Waals surface area contributed by atoms with E-state index in [1.165, 1.54) is 5.69 Å². The van der Waals surface area contributed by atoms with Crippen LogP contribution in [0.4, 0.5) is 5.69 Å². The molecule has 1 aromatic carbocycles. The van der Waals surface area contributed by atoms with Gasteiger partial charge in [0.25, 0.3) is 0 Å². The molecule has 130 valence electrons. The zero-order chi connectivity index (χ0) is 16.9. The third-order valence-electron chi connectivity index (χ3n) is 4.40. The molecule has 0 aromatic heterocycles. The second-order valence-corrected chi connectivity index (χ2v) is 6.75. The van der Waals surface area contributed by atoms with Crippen molar-refractivity contribution in [1.82, 2.24) is 15.5 Å². The van der Waals surface area contributed by atoms with Gasteiger partial charge < -0.3 is 15.5 Å². The lowest BCUT2D eigenvalue weighted by Crippen LogP contribution is -2.49. The van der Waals surface area contributed by atoms with Crippen molar-refractivity contribution in [2.24, 2.45) is 0 Å². The van der Waals surface area contributed by atoms with Gasteiger partial charge in [-0.15, -0.1) is 0 Å². The third-order valence-corrected chi connectivity index (χ3v) is 4.65. The number of amides is 2. The zero-order valence-corrected chi connectivity index (χ0v) is 14.4. The predicted molar refractivity (Wildman–Crippen MR) is 94.3 cm³/mol. The van der Waals surface area contributed by atoms with Crippen LogP contribution in [0.25, 0.3) is 0 Å². The highest BCUT2D eigenvalue weighted by Gasteiger charge is 2.26. The van der Waals surface area contributed by atoms with Crippen LogP contribution in [-0.4, -0.2) is 62.0 Å². The number of piperazine rings is 1. The van der Waals surface area contributed by atoms with Crippen molar-refractivity contribution in [3.63, 3.8) is 0 Å². The average Bonchev–Trinajstić information content (AvgIpc) is 3.40. The molecule has 0 radical (unpaired) electrons. The highest BCUT2D eigenvalue weighted by molar-refractivity contribution is 6.35. The Kier molecular flexibility index (Phi) is 5.58. The first-order valence-electron chi connectivity index (χ1n) is 8.43. The van der Waals surface area contributed by atoms with Gasteiger partial charge in [0.2, 0.25) is 0 Å². The number of nitrogens with one attached hydrogen (secondary N) is 2. The molecule has 1 aliphatic heterocycles. The van der Waals surface area contributed by atoms with Gasteiger partial charge in [-0.05, 0) is 37.1 Å². The molecular formula is C17H23ClN4O2. The van der Waals surface area contributed by atoms with Crippen LogP contribution in [0.15, 0.2) is 24.3 Å². The molecule has 0 unspecified atom stereocenters. The maximum absolute atomic E-state index is 11.7. The quantitative estimate of drug-likeness (QED) is 0.773. The van der Waals surface area contributed by atoms with E-state index in [9.17, 15) is 9.59 Å². The summed E-state index contributed by atoms with van der Waals surface area (Å²) in [4.78, 5) is 27.8. The topological polar surface area (TPSA) is 64.7 Å². The smallest absolute Gasteiger partial charge is 0.309 e. The Hall–Kier alpha value is -1.79. The molecule has 2 fully saturated rings. The summed E-state index contributed by atoms with van der Waals surface area (Å²) in [6, 6.07) is 8.11. The van der Waals surface area contributed by atoms with E-state index in [-0.39, 0.29) is 6.04 Å². The molecule has 1 saturated carbocycles. The fourth-order valence-corrected chi connectivity index (χ4v) is 2.89. The molecule has 6 nitrogen and oxygen atoms in total. The van der Waals surface area contributed by atoms with Crippen LogP contribution < -0.4 is 15.5 Å². The predicted octanol–water partition coefficient (Wildman–Crippen LogP) is 0.857. The lowest BCUT2D eigenvalue weighted by atomic mass is 10.2. The Bertz CT molecular complexity index is 581. The Balaban J connectivity index is 1.34. The first kappa shape index (κ1) is 17.0. The molecule has 24 heavy (non-hydrogen) atoms. The lowest BCUT2D eigenvalue weighted by molar-refractivity contribution is -0.139. The standard InChI is InChI=1S/C17H23ClN4O2/c18-13-1-5-15(6-2-13)22-11-9-21(10-12-22)8-7-19-16(23)17(24)20-14-3-4-14/h1-2,5-6,14H,3-4,7-12H2,(H,19,23)(H,20,24). The minimum Gasteiger partial charge on any atom is -0.369 e. The number of carbonyl (C=O) groups excluding carboxylic acids is 2. The summed E-state index contributed by atoms with van der Waals surface area (Å²) in [5.74, 6) is -1.04. The summed E-state index contributed by atoms with van der Waals surface area (Å²) in [7, 11) is 0. The maximum atomic E-state index is 11.7. The first-order valence-corrected chi connectivity index (χ1v) is 8.81. The van der Waals surface area contributed by atoms with E-state index < -0.39 is 11.8 Å². The highest BCUT2D eigenvalue weighted by atomic mass is 35.5. The molecule has 2 aliphatic rings. The van der Waals surface area contributed by atoms with Gasteiger partial charge >= 0.3 is 11.8 Å². The molecular weight excluding hydrogens is 328 g/mol. The van der Waals surface area contributed by atoms with E-state index in [1.807, 2.05) is 24.3 Å². The molecule has 1 aliphatic carbocycles. The fourth-order valence-electron chi connectivity index (χ4n) is 2.77. The number of carbonyl (C=O) groups is 2. The van der Waals surface area contributed by atoms with E-state index >= 15 is 0 Å². The molecule has 2 amide bonds. The normalized spacial score (nSPS) is 18.3. The molecule has 7 heteroatoms. The van der Waals surface area contributed by atoms with Gasteiger partial charge in [-0.3, -0.25) is 14.5 Å². The van der Waals surface area contributed by atoms with Crippen molar-refractivity contribution in [2.45, 2.75) is 18.9 Å². The van der Waals surface area contributed by atoms with Gasteiger partial charge in [0, 0.05) is 56.0 Å². The number of hydrogen-bond acceptors (Lipinski definition) is 4.